The van der Waals surface area contributed by atoms with E-state index in [2.05, 4.69) is 0 Å². The summed E-state index contributed by atoms with van der Waals surface area (Å²) in [5.74, 6) is -3.16. The summed E-state index contributed by atoms with van der Waals surface area (Å²) in [4.78, 5) is 33.9. The van der Waals surface area contributed by atoms with Gasteiger partial charge in [0.15, 0.2) is 0 Å². The lowest BCUT2D eigenvalue weighted by atomic mass is 9.99. The van der Waals surface area contributed by atoms with E-state index < -0.39 is 17.9 Å². The number of rotatable bonds is 9. The molecule has 22 heavy (non-hydrogen) atoms. The van der Waals surface area contributed by atoms with Crippen LogP contribution in [0.25, 0.3) is 0 Å². The van der Waals surface area contributed by atoms with Crippen LogP contribution in [0.5, 0.6) is 0 Å². The van der Waals surface area contributed by atoms with Crippen LogP contribution in [0.1, 0.15) is 53.3 Å². The van der Waals surface area contributed by atoms with Gasteiger partial charge in [0.05, 0.1) is 24.2 Å². The van der Waals surface area contributed by atoms with Crippen LogP contribution >= 0.6 is 0 Å². The van der Waals surface area contributed by atoms with Crippen LogP contribution in [0.4, 0.5) is 0 Å². The number of carbonyl (C=O) groups is 3. The van der Waals surface area contributed by atoms with E-state index in [1.165, 1.54) is 18.2 Å². The fourth-order valence-corrected chi connectivity index (χ4v) is 2.10. The van der Waals surface area contributed by atoms with Crippen LogP contribution in [0.15, 0.2) is 24.3 Å². The van der Waals surface area contributed by atoms with Gasteiger partial charge in [0.2, 0.25) is 0 Å². The minimum absolute atomic E-state index is 0.0282. The topological polar surface area (TPSA) is 101 Å². The van der Waals surface area contributed by atoms with Crippen molar-refractivity contribution in [3.63, 3.8) is 0 Å². The molecule has 0 fully saturated rings. The van der Waals surface area contributed by atoms with Gasteiger partial charge in [-0.1, -0.05) is 31.9 Å². The van der Waals surface area contributed by atoms with Crippen molar-refractivity contribution < 1.29 is 29.3 Å². The number of unbranched alkanes of at least 4 members (excludes halogenated alkanes) is 1. The Hall–Kier alpha value is -2.37. The van der Waals surface area contributed by atoms with E-state index in [-0.39, 0.29) is 30.1 Å². The number of aromatic carboxylic acids is 1. The molecule has 1 aromatic rings. The zero-order chi connectivity index (χ0) is 16.5. The molecule has 0 amide bonds. The van der Waals surface area contributed by atoms with Crippen molar-refractivity contribution in [2.24, 2.45) is 5.92 Å². The third kappa shape index (κ3) is 5.55. The molecule has 6 heteroatoms. The maximum atomic E-state index is 12.0. The van der Waals surface area contributed by atoms with E-state index in [1.807, 2.05) is 6.92 Å². The summed E-state index contributed by atoms with van der Waals surface area (Å²) < 4.78 is 5.11. The summed E-state index contributed by atoms with van der Waals surface area (Å²) in [6, 6.07) is 5.78. The second-order valence-electron chi connectivity index (χ2n) is 5.06. The van der Waals surface area contributed by atoms with Crippen molar-refractivity contribution >= 4 is 17.9 Å². The number of ether oxygens (including phenoxy) is 1. The van der Waals surface area contributed by atoms with E-state index in [0.717, 1.165) is 12.8 Å². The lowest BCUT2D eigenvalue weighted by Crippen LogP contribution is -2.19. The highest BCUT2D eigenvalue weighted by atomic mass is 16.5. The molecule has 0 bridgehead atoms. The summed E-state index contributed by atoms with van der Waals surface area (Å²) in [5.41, 5.74) is -0.157. The third-order valence-electron chi connectivity index (χ3n) is 3.26. The maximum Gasteiger partial charge on any atom is 0.339 e. The van der Waals surface area contributed by atoms with Crippen LogP contribution < -0.4 is 0 Å². The van der Waals surface area contributed by atoms with Crippen molar-refractivity contribution in [1.82, 2.24) is 0 Å². The predicted molar refractivity (Wildman–Crippen MR) is 79.0 cm³/mol. The quantitative estimate of drug-likeness (QED) is 0.680. The third-order valence-corrected chi connectivity index (χ3v) is 3.26. The number of esters is 1. The van der Waals surface area contributed by atoms with Crippen molar-refractivity contribution in [3.05, 3.63) is 35.4 Å². The van der Waals surface area contributed by atoms with E-state index in [4.69, 9.17) is 14.9 Å². The van der Waals surface area contributed by atoms with Crippen molar-refractivity contribution in [2.75, 3.05) is 6.61 Å². The van der Waals surface area contributed by atoms with Gasteiger partial charge in [0, 0.05) is 5.92 Å². The first-order valence-corrected chi connectivity index (χ1v) is 7.17. The second kappa shape index (κ2) is 8.81. The zero-order valence-corrected chi connectivity index (χ0v) is 12.4. The maximum absolute atomic E-state index is 12.0. The molecule has 2 N–H and O–H groups in total. The Balaban J connectivity index is 2.70. The predicted octanol–water partition coefficient (Wildman–Crippen LogP) is 2.82. The number of carboxylic acids is 2. The van der Waals surface area contributed by atoms with Crippen LogP contribution in [0.2, 0.25) is 0 Å². The lowest BCUT2D eigenvalue weighted by Gasteiger charge is -2.15. The average molecular weight is 308 g/mol. The largest absolute Gasteiger partial charge is 0.481 e. The Bertz CT molecular complexity index is 537. The number of carbonyl (C=O) groups excluding carboxylic acids is 1. The summed E-state index contributed by atoms with van der Waals surface area (Å²) >= 11 is 0. The van der Waals surface area contributed by atoms with Gasteiger partial charge in [-0.25, -0.2) is 9.59 Å². The standard InChI is InChI=1S/C16H20O6/c1-2-3-6-11(9-14(17)18)10-22-16(21)13-8-5-4-7-12(13)15(19)20/h4-5,7-8,11H,2-3,6,9-10H2,1H3,(H,17,18)(H,19,20). The van der Waals surface area contributed by atoms with Crippen molar-refractivity contribution in [2.45, 2.75) is 32.6 Å². The van der Waals surface area contributed by atoms with Crippen LogP contribution in [0.3, 0.4) is 0 Å². The van der Waals surface area contributed by atoms with Gasteiger partial charge in [-0.05, 0) is 18.6 Å². The number of carboxylic acid groups (broad SMARTS) is 2. The fourth-order valence-electron chi connectivity index (χ4n) is 2.10. The summed E-state index contributed by atoms with van der Waals surface area (Å²) in [7, 11) is 0. The molecule has 1 atom stereocenters. The zero-order valence-electron chi connectivity index (χ0n) is 12.4. The molecule has 0 heterocycles. The smallest absolute Gasteiger partial charge is 0.339 e. The molecule has 0 saturated carbocycles. The fraction of sp³-hybridized carbons (Fsp3) is 0.438. The number of hydrogen-bond donors (Lipinski definition) is 2. The summed E-state index contributed by atoms with van der Waals surface area (Å²) in [6.45, 7) is 1.96. The van der Waals surface area contributed by atoms with Gasteiger partial charge in [-0.15, -0.1) is 0 Å². The van der Waals surface area contributed by atoms with E-state index >= 15 is 0 Å². The van der Waals surface area contributed by atoms with Gasteiger partial charge in [-0.2, -0.15) is 0 Å². The monoisotopic (exact) mass is 308 g/mol. The Morgan fingerprint density at radius 2 is 1.77 bits per heavy atom. The number of benzene rings is 1. The molecule has 0 saturated heterocycles. The molecule has 1 aromatic carbocycles. The highest BCUT2D eigenvalue weighted by Crippen LogP contribution is 2.16. The lowest BCUT2D eigenvalue weighted by molar-refractivity contribution is -0.138. The molecule has 6 nitrogen and oxygen atoms in total. The molecule has 1 rings (SSSR count). The van der Waals surface area contributed by atoms with Gasteiger partial charge < -0.3 is 14.9 Å². The molecule has 0 spiro atoms. The summed E-state index contributed by atoms with van der Waals surface area (Å²) in [5, 5.41) is 17.9. The second-order valence-corrected chi connectivity index (χ2v) is 5.06. The van der Waals surface area contributed by atoms with E-state index in [0.29, 0.717) is 6.42 Å². The Morgan fingerprint density at radius 3 is 2.32 bits per heavy atom. The highest BCUT2D eigenvalue weighted by molar-refractivity contribution is 6.02. The summed E-state index contributed by atoms with van der Waals surface area (Å²) in [6.07, 6.45) is 2.34. The first-order valence-electron chi connectivity index (χ1n) is 7.17. The number of aliphatic carboxylic acids is 1. The molecule has 0 radical (unpaired) electrons. The Labute approximate surface area is 128 Å². The Kier molecular flexibility index (Phi) is 7.08. The van der Waals surface area contributed by atoms with Crippen molar-refractivity contribution in [3.8, 4) is 0 Å². The molecular weight excluding hydrogens is 288 g/mol. The van der Waals surface area contributed by atoms with Gasteiger partial charge in [0.1, 0.15) is 0 Å². The minimum Gasteiger partial charge on any atom is -0.481 e. The van der Waals surface area contributed by atoms with Crippen LogP contribution in [-0.4, -0.2) is 34.7 Å². The van der Waals surface area contributed by atoms with E-state index in [1.54, 1.807) is 6.07 Å². The molecule has 120 valence electrons. The first-order chi connectivity index (χ1) is 10.5. The minimum atomic E-state index is -1.21. The highest BCUT2D eigenvalue weighted by Gasteiger charge is 2.20. The number of hydrogen-bond acceptors (Lipinski definition) is 4. The van der Waals surface area contributed by atoms with Gasteiger partial charge in [-0.3, -0.25) is 4.79 Å². The molecule has 0 aliphatic heterocycles. The van der Waals surface area contributed by atoms with Crippen molar-refractivity contribution in [1.29, 1.82) is 0 Å². The van der Waals surface area contributed by atoms with Crippen LogP contribution in [0, 0.1) is 5.92 Å². The van der Waals surface area contributed by atoms with Crippen LogP contribution in [-0.2, 0) is 9.53 Å². The van der Waals surface area contributed by atoms with E-state index in [9.17, 15) is 14.4 Å². The molecule has 0 aromatic heterocycles. The average Bonchev–Trinajstić information content (AvgIpc) is 2.49. The molecule has 0 aliphatic carbocycles. The Morgan fingerprint density at radius 1 is 1.14 bits per heavy atom. The molecule has 1 unspecified atom stereocenters. The molecular formula is C16H20O6. The van der Waals surface area contributed by atoms with Gasteiger partial charge >= 0.3 is 17.9 Å². The van der Waals surface area contributed by atoms with Gasteiger partial charge in [0.25, 0.3) is 0 Å². The molecule has 0 aliphatic rings. The first kappa shape index (κ1) is 17.7. The SMILES string of the molecule is CCCCC(COC(=O)c1ccccc1C(=O)O)CC(=O)O. The normalized spacial score (nSPS) is 11.7.